The minimum absolute atomic E-state index is 0.133. The second kappa shape index (κ2) is 6.87. The molecule has 0 radical (unpaired) electrons. The van der Waals surface area contributed by atoms with Gasteiger partial charge in [0.05, 0.1) is 18.0 Å². The molecular weight excluding hydrogens is 240 g/mol. The monoisotopic (exact) mass is 260 g/mol. The number of aryl methyl sites for hydroxylation is 1. The Hall–Kier alpha value is -1.91. The molecule has 2 aromatic heterocycles. The van der Waals surface area contributed by atoms with Gasteiger partial charge in [0.2, 0.25) is 5.91 Å². The summed E-state index contributed by atoms with van der Waals surface area (Å²) in [6.07, 6.45) is 10.4. The third-order valence-electron chi connectivity index (χ3n) is 3.26. The molecule has 2 heterocycles. The number of imidazole rings is 1. The number of amides is 1. The first-order valence-corrected chi connectivity index (χ1v) is 6.76. The van der Waals surface area contributed by atoms with Gasteiger partial charge in [-0.1, -0.05) is 12.8 Å². The highest BCUT2D eigenvalue weighted by Crippen LogP contribution is 2.12. The molecule has 0 saturated carbocycles. The van der Waals surface area contributed by atoms with Crippen LogP contribution in [0.2, 0.25) is 0 Å². The third-order valence-corrected chi connectivity index (χ3v) is 3.26. The van der Waals surface area contributed by atoms with E-state index < -0.39 is 0 Å². The second-order valence-corrected chi connectivity index (χ2v) is 4.64. The SMILES string of the molecule is CNC(=O)CCCCCCn1cnc2cnccc21. The van der Waals surface area contributed by atoms with Crippen molar-refractivity contribution in [1.29, 1.82) is 0 Å². The molecule has 0 spiro atoms. The molecule has 19 heavy (non-hydrogen) atoms. The number of hydrogen-bond acceptors (Lipinski definition) is 3. The second-order valence-electron chi connectivity index (χ2n) is 4.64. The van der Waals surface area contributed by atoms with Gasteiger partial charge in [0.25, 0.3) is 0 Å². The first-order valence-electron chi connectivity index (χ1n) is 6.76. The van der Waals surface area contributed by atoms with Gasteiger partial charge in [0.1, 0.15) is 5.52 Å². The molecule has 1 N–H and O–H groups in total. The van der Waals surface area contributed by atoms with Crippen LogP contribution in [0.25, 0.3) is 11.0 Å². The van der Waals surface area contributed by atoms with E-state index in [1.807, 2.05) is 12.4 Å². The van der Waals surface area contributed by atoms with E-state index in [1.165, 1.54) is 0 Å². The zero-order valence-corrected chi connectivity index (χ0v) is 11.3. The van der Waals surface area contributed by atoms with Crippen LogP contribution >= 0.6 is 0 Å². The molecule has 2 aromatic rings. The van der Waals surface area contributed by atoms with E-state index in [9.17, 15) is 4.79 Å². The van der Waals surface area contributed by atoms with Crippen molar-refractivity contribution < 1.29 is 4.79 Å². The number of nitrogens with one attached hydrogen (secondary N) is 1. The van der Waals surface area contributed by atoms with Gasteiger partial charge in [0.15, 0.2) is 0 Å². The summed E-state index contributed by atoms with van der Waals surface area (Å²) in [5, 5.41) is 2.64. The Labute approximate surface area is 113 Å². The standard InChI is InChI=1S/C14H20N4O/c1-15-14(19)6-4-2-3-5-9-18-11-17-12-10-16-8-7-13(12)18/h7-8,10-11H,2-6,9H2,1H3,(H,15,19). The fourth-order valence-corrected chi connectivity index (χ4v) is 2.14. The Morgan fingerprint density at radius 1 is 1.32 bits per heavy atom. The maximum absolute atomic E-state index is 11.0. The molecule has 0 fully saturated rings. The quantitative estimate of drug-likeness (QED) is 0.776. The maximum atomic E-state index is 11.0. The lowest BCUT2D eigenvalue weighted by Gasteiger charge is -2.04. The number of rotatable bonds is 7. The molecule has 0 unspecified atom stereocenters. The van der Waals surface area contributed by atoms with E-state index in [4.69, 9.17) is 0 Å². The summed E-state index contributed by atoms with van der Waals surface area (Å²) >= 11 is 0. The molecule has 0 bridgehead atoms. The summed E-state index contributed by atoms with van der Waals surface area (Å²) in [4.78, 5) is 19.4. The predicted octanol–water partition coefficient (Wildman–Crippen LogP) is 2.13. The summed E-state index contributed by atoms with van der Waals surface area (Å²) < 4.78 is 2.16. The predicted molar refractivity (Wildman–Crippen MR) is 74.7 cm³/mol. The molecule has 0 aliphatic rings. The van der Waals surface area contributed by atoms with Crippen molar-refractivity contribution in [3.05, 3.63) is 24.8 Å². The highest BCUT2D eigenvalue weighted by atomic mass is 16.1. The van der Waals surface area contributed by atoms with Gasteiger partial charge >= 0.3 is 0 Å². The number of fused-ring (bicyclic) bond motifs is 1. The van der Waals surface area contributed by atoms with Crippen LogP contribution in [-0.4, -0.2) is 27.5 Å². The summed E-state index contributed by atoms with van der Waals surface area (Å²) in [6, 6.07) is 1.99. The zero-order chi connectivity index (χ0) is 13.5. The average Bonchev–Trinajstić information content (AvgIpc) is 2.85. The molecule has 0 aliphatic carbocycles. The molecule has 5 heteroatoms. The molecule has 0 saturated heterocycles. The van der Waals surface area contributed by atoms with E-state index in [-0.39, 0.29) is 5.91 Å². The molecule has 0 aromatic carbocycles. The smallest absolute Gasteiger partial charge is 0.219 e. The number of nitrogens with zero attached hydrogens (tertiary/aromatic N) is 3. The van der Waals surface area contributed by atoms with Gasteiger partial charge in [-0.3, -0.25) is 9.78 Å². The van der Waals surface area contributed by atoms with Crippen LogP contribution < -0.4 is 5.32 Å². The van der Waals surface area contributed by atoms with Crippen molar-refractivity contribution in [3.63, 3.8) is 0 Å². The number of unbranched alkanes of at least 4 members (excludes halogenated alkanes) is 3. The normalized spacial score (nSPS) is 10.8. The Morgan fingerprint density at radius 2 is 2.16 bits per heavy atom. The molecule has 2 rings (SSSR count). The lowest BCUT2D eigenvalue weighted by atomic mass is 10.1. The van der Waals surface area contributed by atoms with Gasteiger partial charge in [-0.05, 0) is 18.9 Å². The van der Waals surface area contributed by atoms with Crippen LogP contribution in [0, 0.1) is 0 Å². The molecule has 0 aliphatic heterocycles. The lowest BCUT2D eigenvalue weighted by Crippen LogP contribution is -2.16. The maximum Gasteiger partial charge on any atom is 0.219 e. The Kier molecular flexibility index (Phi) is 4.89. The van der Waals surface area contributed by atoms with Crippen LogP contribution in [0.4, 0.5) is 0 Å². The van der Waals surface area contributed by atoms with E-state index in [2.05, 4.69) is 19.9 Å². The van der Waals surface area contributed by atoms with E-state index in [0.717, 1.165) is 43.3 Å². The topological polar surface area (TPSA) is 59.8 Å². The van der Waals surface area contributed by atoms with Crippen molar-refractivity contribution in [2.24, 2.45) is 0 Å². The van der Waals surface area contributed by atoms with Crippen LogP contribution in [0.15, 0.2) is 24.8 Å². The van der Waals surface area contributed by atoms with Gasteiger partial charge in [-0.15, -0.1) is 0 Å². The zero-order valence-electron chi connectivity index (χ0n) is 11.3. The fraction of sp³-hybridized carbons (Fsp3) is 0.500. The van der Waals surface area contributed by atoms with Crippen molar-refractivity contribution >= 4 is 16.9 Å². The lowest BCUT2D eigenvalue weighted by molar-refractivity contribution is -0.120. The highest BCUT2D eigenvalue weighted by molar-refractivity contribution is 5.75. The van der Waals surface area contributed by atoms with Crippen LogP contribution in [0.3, 0.4) is 0 Å². The number of pyridine rings is 1. The van der Waals surface area contributed by atoms with Crippen molar-refractivity contribution in [2.75, 3.05) is 7.05 Å². The number of carbonyl (C=O) groups excluding carboxylic acids is 1. The first-order chi connectivity index (χ1) is 9.31. The van der Waals surface area contributed by atoms with Crippen molar-refractivity contribution in [1.82, 2.24) is 19.9 Å². The third kappa shape index (κ3) is 3.77. The summed E-state index contributed by atoms with van der Waals surface area (Å²) in [5.74, 6) is 0.133. The molecule has 5 nitrogen and oxygen atoms in total. The largest absolute Gasteiger partial charge is 0.359 e. The van der Waals surface area contributed by atoms with Crippen LogP contribution in [0.5, 0.6) is 0 Å². The van der Waals surface area contributed by atoms with E-state index in [1.54, 1.807) is 19.4 Å². The van der Waals surface area contributed by atoms with E-state index in [0.29, 0.717) is 6.42 Å². The Morgan fingerprint density at radius 3 is 3.00 bits per heavy atom. The van der Waals surface area contributed by atoms with Gasteiger partial charge < -0.3 is 9.88 Å². The number of carbonyl (C=O) groups is 1. The minimum atomic E-state index is 0.133. The Balaban J connectivity index is 1.70. The van der Waals surface area contributed by atoms with Gasteiger partial charge in [0, 0.05) is 26.2 Å². The summed E-state index contributed by atoms with van der Waals surface area (Å²) in [6.45, 7) is 0.973. The highest BCUT2D eigenvalue weighted by Gasteiger charge is 2.01. The van der Waals surface area contributed by atoms with Crippen LogP contribution in [-0.2, 0) is 11.3 Å². The van der Waals surface area contributed by atoms with Crippen LogP contribution in [0.1, 0.15) is 32.1 Å². The summed E-state index contributed by atoms with van der Waals surface area (Å²) in [5.41, 5.74) is 2.09. The average molecular weight is 260 g/mol. The fourth-order valence-electron chi connectivity index (χ4n) is 2.14. The van der Waals surface area contributed by atoms with Gasteiger partial charge in [-0.25, -0.2) is 4.98 Å². The molecule has 102 valence electrons. The molecule has 0 atom stereocenters. The molecule has 1 amide bonds. The van der Waals surface area contributed by atoms with Gasteiger partial charge in [-0.2, -0.15) is 0 Å². The van der Waals surface area contributed by atoms with Crippen molar-refractivity contribution in [2.45, 2.75) is 38.6 Å². The van der Waals surface area contributed by atoms with Crippen molar-refractivity contribution in [3.8, 4) is 0 Å². The number of hydrogen-bond donors (Lipinski definition) is 1. The first kappa shape index (κ1) is 13.5. The molecular formula is C14H20N4O. The number of aromatic nitrogens is 3. The minimum Gasteiger partial charge on any atom is -0.359 e. The summed E-state index contributed by atoms with van der Waals surface area (Å²) in [7, 11) is 1.68. The van der Waals surface area contributed by atoms with E-state index >= 15 is 0 Å². The Bertz CT molecular complexity index is 535.